The SMILES string of the molecule is COc1cc(-c2nc3cnn(C)c3c(=O)[nH]2)cc(Cl)c1OC(C)C. The predicted octanol–water partition coefficient (Wildman–Crippen LogP) is 2.77. The number of ether oxygens (including phenoxy) is 2. The molecule has 0 bridgehead atoms. The minimum atomic E-state index is -0.271. The molecule has 0 amide bonds. The van der Waals surface area contributed by atoms with E-state index < -0.39 is 0 Å². The molecule has 0 saturated heterocycles. The minimum absolute atomic E-state index is 0.0491. The monoisotopic (exact) mass is 348 g/mol. The van der Waals surface area contributed by atoms with Gasteiger partial charge in [0.25, 0.3) is 5.56 Å². The van der Waals surface area contributed by atoms with Gasteiger partial charge in [-0.2, -0.15) is 5.10 Å². The fourth-order valence-electron chi connectivity index (χ4n) is 2.43. The van der Waals surface area contributed by atoms with Gasteiger partial charge in [-0.3, -0.25) is 9.48 Å². The molecule has 126 valence electrons. The molecular formula is C16H17ClN4O3. The second kappa shape index (κ2) is 6.16. The molecule has 3 rings (SSSR count). The van der Waals surface area contributed by atoms with Crippen LogP contribution in [0, 0.1) is 0 Å². The van der Waals surface area contributed by atoms with Gasteiger partial charge in [-0.05, 0) is 26.0 Å². The van der Waals surface area contributed by atoms with E-state index in [0.717, 1.165) is 0 Å². The Balaban J connectivity index is 2.16. The van der Waals surface area contributed by atoms with Crippen molar-refractivity contribution >= 4 is 22.6 Å². The third-order valence-electron chi connectivity index (χ3n) is 3.46. The van der Waals surface area contributed by atoms with Crippen LogP contribution in [-0.2, 0) is 7.05 Å². The van der Waals surface area contributed by atoms with Crippen LogP contribution in [0.25, 0.3) is 22.4 Å². The first-order chi connectivity index (χ1) is 11.4. The van der Waals surface area contributed by atoms with Crippen molar-refractivity contribution < 1.29 is 9.47 Å². The lowest BCUT2D eigenvalue weighted by Gasteiger charge is -2.16. The normalized spacial score (nSPS) is 11.2. The summed E-state index contributed by atoms with van der Waals surface area (Å²) < 4.78 is 12.5. The number of aryl methyl sites for hydroxylation is 1. The molecule has 1 N–H and O–H groups in total. The number of aromatic amines is 1. The largest absolute Gasteiger partial charge is 0.493 e. The van der Waals surface area contributed by atoms with Gasteiger partial charge in [0.05, 0.1) is 24.4 Å². The zero-order valence-corrected chi connectivity index (χ0v) is 14.5. The number of nitrogens with one attached hydrogen (secondary N) is 1. The van der Waals surface area contributed by atoms with Gasteiger partial charge in [0.15, 0.2) is 17.0 Å². The Morgan fingerprint density at radius 3 is 2.75 bits per heavy atom. The van der Waals surface area contributed by atoms with E-state index >= 15 is 0 Å². The van der Waals surface area contributed by atoms with Gasteiger partial charge in [-0.25, -0.2) is 4.98 Å². The first kappa shape index (κ1) is 16.3. The van der Waals surface area contributed by atoms with E-state index in [1.165, 1.54) is 11.8 Å². The summed E-state index contributed by atoms with van der Waals surface area (Å²) in [6.45, 7) is 3.80. The molecule has 0 spiro atoms. The Labute approximate surface area is 143 Å². The Hall–Kier alpha value is -2.54. The van der Waals surface area contributed by atoms with Crippen molar-refractivity contribution in [2.24, 2.45) is 7.05 Å². The summed E-state index contributed by atoms with van der Waals surface area (Å²) >= 11 is 6.33. The molecule has 2 aromatic heterocycles. The molecule has 0 atom stereocenters. The van der Waals surface area contributed by atoms with Crippen molar-refractivity contribution in [1.82, 2.24) is 19.7 Å². The van der Waals surface area contributed by atoms with Crippen LogP contribution < -0.4 is 15.0 Å². The molecule has 1 aromatic carbocycles. The Bertz CT molecular complexity index is 962. The number of halogens is 1. The predicted molar refractivity (Wildman–Crippen MR) is 91.9 cm³/mol. The van der Waals surface area contributed by atoms with Crippen LogP contribution in [0.2, 0.25) is 5.02 Å². The number of methoxy groups -OCH3 is 1. The molecule has 8 heteroatoms. The van der Waals surface area contributed by atoms with Crippen LogP contribution in [-0.4, -0.2) is 33.0 Å². The van der Waals surface area contributed by atoms with Crippen LogP contribution >= 0.6 is 11.6 Å². The van der Waals surface area contributed by atoms with E-state index in [9.17, 15) is 4.79 Å². The highest BCUT2D eigenvalue weighted by Gasteiger charge is 2.16. The first-order valence-corrected chi connectivity index (χ1v) is 7.75. The van der Waals surface area contributed by atoms with Crippen molar-refractivity contribution in [3.63, 3.8) is 0 Å². The standard InChI is InChI=1S/C16H17ClN4O3/c1-8(2)24-14-10(17)5-9(6-12(14)23-4)15-19-11-7-18-21(3)13(11)16(22)20-15/h5-8H,1-4H3,(H,19,20,22). The highest BCUT2D eigenvalue weighted by atomic mass is 35.5. The summed E-state index contributed by atoms with van der Waals surface area (Å²) in [5.41, 5.74) is 1.27. The molecule has 0 aliphatic heterocycles. The fraction of sp³-hybridized carbons (Fsp3) is 0.312. The maximum Gasteiger partial charge on any atom is 0.277 e. The lowest BCUT2D eigenvalue weighted by Crippen LogP contribution is -2.12. The molecule has 7 nitrogen and oxygen atoms in total. The molecule has 24 heavy (non-hydrogen) atoms. The summed E-state index contributed by atoms with van der Waals surface area (Å²) in [4.78, 5) is 19.5. The summed E-state index contributed by atoms with van der Waals surface area (Å²) in [6.07, 6.45) is 1.50. The maximum absolute atomic E-state index is 12.3. The highest BCUT2D eigenvalue weighted by molar-refractivity contribution is 6.32. The fourth-order valence-corrected chi connectivity index (χ4v) is 2.68. The lowest BCUT2D eigenvalue weighted by atomic mass is 10.1. The molecule has 0 saturated carbocycles. The van der Waals surface area contributed by atoms with Crippen molar-refractivity contribution in [1.29, 1.82) is 0 Å². The van der Waals surface area contributed by atoms with E-state index in [4.69, 9.17) is 21.1 Å². The number of rotatable bonds is 4. The van der Waals surface area contributed by atoms with E-state index in [1.54, 1.807) is 25.4 Å². The molecule has 0 radical (unpaired) electrons. The van der Waals surface area contributed by atoms with Crippen LogP contribution in [0.1, 0.15) is 13.8 Å². The zero-order chi connectivity index (χ0) is 17.4. The van der Waals surface area contributed by atoms with E-state index in [2.05, 4.69) is 15.1 Å². The van der Waals surface area contributed by atoms with Crippen LogP contribution in [0.5, 0.6) is 11.5 Å². The highest BCUT2D eigenvalue weighted by Crippen LogP contribution is 2.39. The number of fused-ring (bicyclic) bond motifs is 1. The van der Waals surface area contributed by atoms with E-state index in [1.807, 2.05) is 13.8 Å². The quantitative estimate of drug-likeness (QED) is 0.784. The summed E-state index contributed by atoms with van der Waals surface area (Å²) in [5.74, 6) is 1.32. The number of hydrogen-bond acceptors (Lipinski definition) is 5. The topological polar surface area (TPSA) is 82.0 Å². The number of H-pyrrole nitrogens is 1. The first-order valence-electron chi connectivity index (χ1n) is 7.37. The molecule has 0 fully saturated rings. The summed E-state index contributed by atoms with van der Waals surface area (Å²) in [6, 6.07) is 3.41. The Morgan fingerprint density at radius 2 is 2.08 bits per heavy atom. The van der Waals surface area contributed by atoms with Gasteiger partial charge >= 0.3 is 0 Å². The van der Waals surface area contributed by atoms with Crippen LogP contribution in [0.15, 0.2) is 23.1 Å². The van der Waals surface area contributed by atoms with Gasteiger partial charge in [0.1, 0.15) is 11.3 Å². The summed E-state index contributed by atoms with van der Waals surface area (Å²) in [7, 11) is 3.22. The molecular weight excluding hydrogens is 332 g/mol. The van der Waals surface area contributed by atoms with Gasteiger partial charge in [0, 0.05) is 12.6 Å². The minimum Gasteiger partial charge on any atom is -0.493 e. The lowest BCUT2D eigenvalue weighted by molar-refractivity contribution is 0.230. The smallest absolute Gasteiger partial charge is 0.277 e. The van der Waals surface area contributed by atoms with E-state index in [0.29, 0.717) is 38.9 Å². The van der Waals surface area contributed by atoms with E-state index in [-0.39, 0.29) is 11.7 Å². The van der Waals surface area contributed by atoms with Crippen molar-refractivity contribution in [3.05, 3.63) is 33.7 Å². The third kappa shape index (κ3) is 2.82. The molecule has 0 unspecified atom stereocenters. The number of benzene rings is 1. The number of nitrogens with zero attached hydrogens (tertiary/aromatic N) is 3. The Morgan fingerprint density at radius 1 is 1.33 bits per heavy atom. The van der Waals surface area contributed by atoms with Gasteiger partial charge in [0.2, 0.25) is 0 Å². The molecule has 0 aliphatic rings. The Kier molecular flexibility index (Phi) is 4.19. The molecule has 3 aromatic rings. The molecule has 2 heterocycles. The third-order valence-corrected chi connectivity index (χ3v) is 3.74. The van der Waals surface area contributed by atoms with Crippen LogP contribution in [0.4, 0.5) is 0 Å². The van der Waals surface area contributed by atoms with Gasteiger partial charge in [-0.1, -0.05) is 11.6 Å². The zero-order valence-electron chi connectivity index (χ0n) is 13.8. The van der Waals surface area contributed by atoms with Crippen molar-refractivity contribution in [3.8, 4) is 22.9 Å². The average Bonchev–Trinajstić information content (AvgIpc) is 2.90. The second-order valence-corrected chi connectivity index (χ2v) is 5.98. The second-order valence-electron chi connectivity index (χ2n) is 5.57. The average molecular weight is 349 g/mol. The number of hydrogen-bond donors (Lipinski definition) is 1. The van der Waals surface area contributed by atoms with Crippen molar-refractivity contribution in [2.45, 2.75) is 20.0 Å². The van der Waals surface area contributed by atoms with Gasteiger partial charge in [-0.15, -0.1) is 0 Å². The number of aromatic nitrogens is 4. The summed E-state index contributed by atoms with van der Waals surface area (Å²) in [5, 5.41) is 4.43. The van der Waals surface area contributed by atoms with Crippen molar-refractivity contribution in [2.75, 3.05) is 7.11 Å². The van der Waals surface area contributed by atoms with Crippen LogP contribution in [0.3, 0.4) is 0 Å². The maximum atomic E-state index is 12.3. The van der Waals surface area contributed by atoms with Gasteiger partial charge < -0.3 is 14.5 Å². The molecule has 0 aliphatic carbocycles.